The van der Waals surface area contributed by atoms with Crippen LogP contribution >= 0.6 is 11.8 Å². The highest BCUT2D eigenvalue weighted by molar-refractivity contribution is 8.00. The lowest BCUT2D eigenvalue weighted by atomic mass is 10.2. The topological polar surface area (TPSA) is 78.7 Å². The van der Waals surface area contributed by atoms with E-state index in [2.05, 4.69) is 28.3 Å². The van der Waals surface area contributed by atoms with Gasteiger partial charge in [0.25, 0.3) is 0 Å². The summed E-state index contributed by atoms with van der Waals surface area (Å²) in [5.41, 5.74) is 2.16. The Morgan fingerprint density at radius 1 is 1.33 bits per heavy atom. The predicted molar refractivity (Wildman–Crippen MR) is 95.7 cm³/mol. The van der Waals surface area contributed by atoms with E-state index in [0.717, 1.165) is 25.0 Å². The molecule has 0 saturated carbocycles. The van der Waals surface area contributed by atoms with E-state index in [9.17, 15) is 10.1 Å². The van der Waals surface area contributed by atoms with Gasteiger partial charge in [-0.15, -0.1) is 0 Å². The molecule has 6 heteroatoms. The lowest BCUT2D eigenvalue weighted by molar-refractivity contribution is -0.115. The van der Waals surface area contributed by atoms with Gasteiger partial charge in [0.05, 0.1) is 10.8 Å². The molecule has 0 aliphatic rings. The van der Waals surface area contributed by atoms with Crippen molar-refractivity contribution in [1.82, 2.24) is 9.97 Å². The van der Waals surface area contributed by atoms with Crippen molar-refractivity contribution in [3.05, 3.63) is 47.9 Å². The van der Waals surface area contributed by atoms with Crippen LogP contribution in [0, 0.1) is 11.3 Å². The van der Waals surface area contributed by atoms with Gasteiger partial charge in [0.2, 0.25) is 5.91 Å². The van der Waals surface area contributed by atoms with E-state index in [1.54, 1.807) is 30.6 Å². The SMILES string of the molecule is CCCCc1ccc(C#N)c(SC(C)C(=O)Nc2ccncc2)n1. The molecule has 1 N–H and O–H groups in total. The molecule has 0 spiro atoms. The quantitative estimate of drug-likeness (QED) is 0.775. The zero-order valence-electron chi connectivity index (χ0n) is 13.8. The first-order valence-electron chi connectivity index (χ1n) is 7.91. The van der Waals surface area contributed by atoms with Crippen molar-refractivity contribution >= 4 is 23.4 Å². The fourth-order valence-electron chi connectivity index (χ4n) is 2.05. The molecule has 0 aliphatic carbocycles. The fourth-order valence-corrected chi connectivity index (χ4v) is 2.96. The number of nitrogens with one attached hydrogen (secondary N) is 1. The van der Waals surface area contributed by atoms with Crippen LogP contribution in [0.5, 0.6) is 0 Å². The molecule has 0 bridgehead atoms. The van der Waals surface area contributed by atoms with Crippen molar-refractivity contribution in [2.24, 2.45) is 0 Å². The van der Waals surface area contributed by atoms with Gasteiger partial charge in [-0.05, 0) is 44.0 Å². The molecule has 1 amide bonds. The number of hydrogen-bond acceptors (Lipinski definition) is 5. The number of unbranched alkanes of at least 4 members (excludes halogenated alkanes) is 1. The van der Waals surface area contributed by atoms with Crippen LogP contribution in [0.3, 0.4) is 0 Å². The van der Waals surface area contributed by atoms with Crippen LogP contribution < -0.4 is 5.32 Å². The lowest BCUT2D eigenvalue weighted by Crippen LogP contribution is -2.22. The Labute approximate surface area is 146 Å². The molecule has 1 atom stereocenters. The summed E-state index contributed by atoms with van der Waals surface area (Å²) < 4.78 is 0. The van der Waals surface area contributed by atoms with Gasteiger partial charge < -0.3 is 5.32 Å². The van der Waals surface area contributed by atoms with Gasteiger partial charge in [0.1, 0.15) is 11.1 Å². The Morgan fingerprint density at radius 3 is 2.75 bits per heavy atom. The van der Waals surface area contributed by atoms with Crippen LogP contribution in [-0.4, -0.2) is 21.1 Å². The molecule has 24 heavy (non-hydrogen) atoms. The van der Waals surface area contributed by atoms with Crippen LogP contribution in [0.25, 0.3) is 0 Å². The van der Waals surface area contributed by atoms with Crippen molar-refractivity contribution < 1.29 is 4.79 Å². The standard InChI is InChI=1S/C18H20N4OS/c1-3-4-5-15-7-6-14(12-19)18(22-15)24-13(2)17(23)21-16-8-10-20-11-9-16/h6-11,13H,3-5H2,1-2H3,(H,20,21,23). The van der Waals surface area contributed by atoms with Crippen LogP contribution in [0.15, 0.2) is 41.7 Å². The molecule has 124 valence electrons. The van der Waals surface area contributed by atoms with Gasteiger partial charge in [-0.1, -0.05) is 25.1 Å². The molecule has 0 saturated heterocycles. The van der Waals surface area contributed by atoms with Crippen molar-refractivity contribution in [3.8, 4) is 6.07 Å². The highest BCUT2D eigenvalue weighted by Crippen LogP contribution is 2.26. The Hall–Kier alpha value is -2.39. The minimum absolute atomic E-state index is 0.129. The second kappa shape index (κ2) is 9.04. The minimum atomic E-state index is -0.362. The Bertz CT molecular complexity index is 728. The summed E-state index contributed by atoms with van der Waals surface area (Å²) in [6.07, 6.45) is 6.28. The average molecular weight is 340 g/mol. The molecule has 0 radical (unpaired) electrons. The van der Waals surface area contributed by atoms with Crippen LogP contribution in [0.2, 0.25) is 0 Å². The van der Waals surface area contributed by atoms with Gasteiger partial charge in [0, 0.05) is 23.8 Å². The molecule has 2 rings (SSSR count). The maximum Gasteiger partial charge on any atom is 0.237 e. The summed E-state index contributed by atoms with van der Waals surface area (Å²) >= 11 is 1.31. The number of hydrogen-bond donors (Lipinski definition) is 1. The molecular weight excluding hydrogens is 320 g/mol. The van der Waals surface area contributed by atoms with Gasteiger partial charge in [-0.2, -0.15) is 5.26 Å². The number of nitrogens with zero attached hydrogens (tertiary/aromatic N) is 3. The van der Waals surface area contributed by atoms with Crippen LogP contribution in [0.4, 0.5) is 5.69 Å². The van der Waals surface area contributed by atoms with Gasteiger partial charge >= 0.3 is 0 Å². The zero-order valence-corrected chi connectivity index (χ0v) is 14.6. The van der Waals surface area contributed by atoms with E-state index in [-0.39, 0.29) is 11.2 Å². The average Bonchev–Trinajstić information content (AvgIpc) is 2.61. The van der Waals surface area contributed by atoms with Crippen molar-refractivity contribution in [1.29, 1.82) is 5.26 Å². The van der Waals surface area contributed by atoms with Crippen molar-refractivity contribution in [2.45, 2.75) is 43.4 Å². The smallest absolute Gasteiger partial charge is 0.237 e. The monoisotopic (exact) mass is 340 g/mol. The number of anilines is 1. The number of rotatable bonds is 7. The maximum absolute atomic E-state index is 12.3. The van der Waals surface area contributed by atoms with Gasteiger partial charge in [-0.3, -0.25) is 9.78 Å². The number of carbonyl (C=O) groups excluding carboxylic acids is 1. The molecule has 0 fully saturated rings. The second-order valence-corrected chi connectivity index (χ2v) is 6.69. The number of pyridine rings is 2. The number of nitriles is 1. The summed E-state index contributed by atoms with van der Waals surface area (Å²) in [6, 6.07) is 9.30. The number of amides is 1. The van der Waals surface area contributed by atoms with Gasteiger partial charge in [0.15, 0.2) is 0 Å². The second-order valence-electron chi connectivity index (χ2n) is 5.36. The number of carbonyl (C=O) groups is 1. The highest BCUT2D eigenvalue weighted by atomic mass is 32.2. The van der Waals surface area contributed by atoms with Crippen LogP contribution in [0.1, 0.15) is 37.9 Å². The van der Waals surface area contributed by atoms with E-state index in [1.165, 1.54) is 11.8 Å². The molecule has 5 nitrogen and oxygen atoms in total. The molecule has 0 aromatic carbocycles. The number of aromatic nitrogens is 2. The first kappa shape index (κ1) is 18.0. The maximum atomic E-state index is 12.3. The molecule has 2 heterocycles. The van der Waals surface area contributed by atoms with Gasteiger partial charge in [-0.25, -0.2) is 4.98 Å². The normalized spacial score (nSPS) is 11.5. The molecular formula is C18H20N4OS. The zero-order chi connectivity index (χ0) is 17.4. The lowest BCUT2D eigenvalue weighted by Gasteiger charge is -2.13. The van der Waals surface area contributed by atoms with E-state index in [1.807, 2.05) is 13.0 Å². The molecule has 0 aliphatic heterocycles. The van der Waals surface area contributed by atoms with Crippen LogP contribution in [-0.2, 0) is 11.2 Å². The predicted octanol–water partition coefficient (Wildman–Crippen LogP) is 3.81. The number of aryl methyl sites for hydroxylation is 1. The summed E-state index contributed by atoms with van der Waals surface area (Å²) in [5, 5.41) is 12.4. The van der Waals surface area contributed by atoms with Crippen molar-refractivity contribution in [3.63, 3.8) is 0 Å². The van der Waals surface area contributed by atoms with E-state index < -0.39 is 0 Å². The third kappa shape index (κ3) is 5.07. The molecule has 2 aromatic rings. The van der Waals surface area contributed by atoms with E-state index in [4.69, 9.17) is 0 Å². The fraction of sp³-hybridized carbons (Fsp3) is 0.333. The first-order chi connectivity index (χ1) is 11.6. The van der Waals surface area contributed by atoms with Crippen molar-refractivity contribution in [2.75, 3.05) is 5.32 Å². The third-order valence-electron chi connectivity index (χ3n) is 3.43. The summed E-state index contributed by atoms with van der Waals surface area (Å²) in [4.78, 5) is 20.8. The minimum Gasteiger partial charge on any atom is -0.325 e. The van der Waals surface area contributed by atoms with E-state index >= 15 is 0 Å². The molecule has 1 unspecified atom stereocenters. The summed E-state index contributed by atoms with van der Waals surface area (Å²) in [5.74, 6) is -0.129. The Morgan fingerprint density at radius 2 is 2.08 bits per heavy atom. The highest BCUT2D eigenvalue weighted by Gasteiger charge is 2.18. The molecule has 2 aromatic heterocycles. The Balaban J connectivity index is 2.08. The first-order valence-corrected chi connectivity index (χ1v) is 8.79. The largest absolute Gasteiger partial charge is 0.325 e. The van der Waals surface area contributed by atoms with E-state index in [0.29, 0.717) is 16.3 Å². The Kier molecular flexibility index (Phi) is 6.76. The summed E-state index contributed by atoms with van der Waals surface area (Å²) in [7, 11) is 0. The summed E-state index contributed by atoms with van der Waals surface area (Å²) in [6.45, 7) is 3.94. The number of thioether (sulfide) groups is 1. The third-order valence-corrected chi connectivity index (χ3v) is 4.53.